The Morgan fingerprint density at radius 3 is 2.72 bits per heavy atom. The van der Waals surface area contributed by atoms with E-state index in [9.17, 15) is 9.59 Å². The molecule has 0 aliphatic carbocycles. The van der Waals surface area contributed by atoms with Gasteiger partial charge in [-0.3, -0.25) is 14.5 Å². The van der Waals surface area contributed by atoms with E-state index < -0.39 is 0 Å². The first kappa shape index (κ1) is 19.5. The summed E-state index contributed by atoms with van der Waals surface area (Å²) in [6.45, 7) is 3.34. The largest absolute Gasteiger partial charge is 0.379 e. The summed E-state index contributed by atoms with van der Waals surface area (Å²) in [5, 5.41) is 15.1. The number of morpholine rings is 1. The van der Waals surface area contributed by atoms with E-state index in [-0.39, 0.29) is 30.4 Å². The zero-order valence-electron chi connectivity index (χ0n) is 16.4. The Hall–Kier alpha value is -2.85. The van der Waals surface area contributed by atoms with E-state index in [1.54, 1.807) is 16.6 Å². The summed E-state index contributed by atoms with van der Waals surface area (Å²) in [6, 6.07) is 9.68. The molecule has 3 heterocycles. The van der Waals surface area contributed by atoms with Crippen molar-refractivity contribution in [3.05, 3.63) is 41.7 Å². The molecule has 2 atom stereocenters. The average Bonchev–Trinajstić information content (AvgIpc) is 3.29. The number of aromatic nitrogens is 4. The highest BCUT2D eigenvalue weighted by Gasteiger charge is 2.31. The molecule has 2 aliphatic rings. The van der Waals surface area contributed by atoms with Gasteiger partial charge in [-0.2, -0.15) is 0 Å². The second kappa shape index (κ2) is 8.66. The highest BCUT2D eigenvalue weighted by atomic mass is 16.5. The van der Waals surface area contributed by atoms with E-state index >= 15 is 0 Å². The molecule has 1 N–H and O–H groups in total. The molecule has 2 aromatic rings. The minimum absolute atomic E-state index is 0.00438. The van der Waals surface area contributed by atoms with E-state index in [4.69, 9.17) is 4.74 Å². The molecule has 2 saturated heterocycles. The number of likely N-dealkylation sites (tertiary alicyclic amines) is 1. The molecule has 154 valence electrons. The number of nitrogens with one attached hydrogen (secondary N) is 1. The Kier molecular flexibility index (Phi) is 5.81. The van der Waals surface area contributed by atoms with Crippen LogP contribution in [0.25, 0.3) is 0 Å². The molecule has 29 heavy (non-hydrogen) atoms. The van der Waals surface area contributed by atoms with E-state index in [1.807, 2.05) is 30.3 Å². The highest BCUT2D eigenvalue weighted by Crippen LogP contribution is 2.27. The molecule has 1 aromatic carbocycles. The second-order valence-electron chi connectivity index (χ2n) is 7.40. The van der Waals surface area contributed by atoms with Crippen LogP contribution in [-0.4, -0.2) is 87.8 Å². The molecule has 2 aliphatic heterocycles. The van der Waals surface area contributed by atoms with Crippen LogP contribution in [0.5, 0.6) is 0 Å². The van der Waals surface area contributed by atoms with Crippen LogP contribution in [-0.2, 0) is 20.9 Å². The average molecular weight is 399 g/mol. The SMILES string of the molecule is CN1C[C@@H](NC(=O)Cn2nnnc2[C@@H](c2ccccc2)N2CCOCC2)CC1=O. The van der Waals surface area contributed by atoms with Gasteiger partial charge < -0.3 is 15.0 Å². The first-order valence-corrected chi connectivity index (χ1v) is 9.78. The predicted molar refractivity (Wildman–Crippen MR) is 103 cm³/mol. The molecule has 0 radical (unpaired) electrons. The molecule has 1 aromatic heterocycles. The van der Waals surface area contributed by atoms with Gasteiger partial charge in [0.05, 0.1) is 25.3 Å². The quantitative estimate of drug-likeness (QED) is 0.694. The Balaban J connectivity index is 1.52. The van der Waals surface area contributed by atoms with Gasteiger partial charge in [-0.05, 0) is 16.0 Å². The molecular formula is C19H25N7O3. The fourth-order valence-corrected chi connectivity index (χ4v) is 3.88. The molecule has 10 nitrogen and oxygen atoms in total. The van der Waals surface area contributed by atoms with Crippen LogP contribution in [0.1, 0.15) is 23.9 Å². The van der Waals surface area contributed by atoms with Crippen molar-refractivity contribution in [3.63, 3.8) is 0 Å². The number of ether oxygens (including phenoxy) is 1. The number of carbonyl (C=O) groups is 2. The van der Waals surface area contributed by atoms with E-state index in [1.165, 1.54) is 0 Å². The number of likely N-dealkylation sites (N-methyl/N-ethyl adjacent to an activating group) is 1. The second-order valence-corrected chi connectivity index (χ2v) is 7.40. The number of nitrogens with zero attached hydrogens (tertiary/aromatic N) is 6. The van der Waals surface area contributed by atoms with Gasteiger partial charge in [-0.25, -0.2) is 4.68 Å². The van der Waals surface area contributed by atoms with Gasteiger partial charge in [0.2, 0.25) is 11.8 Å². The summed E-state index contributed by atoms with van der Waals surface area (Å²) < 4.78 is 7.04. The topological polar surface area (TPSA) is 105 Å². The lowest BCUT2D eigenvalue weighted by Gasteiger charge is -2.33. The van der Waals surface area contributed by atoms with Crippen molar-refractivity contribution in [1.82, 2.24) is 35.3 Å². The summed E-state index contributed by atoms with van der Waals surface area (Å²) in [5.41, 5.74) is 1.06. The molecule has 4 rings (SSSR count). The highest BCUT2D eigenvalue weighted by molar-refractivity contribution is 5.81. The maximum atomic E-state index is 12.6. The van der Waals surface area contributed by atoms with E-state index in [2.05, 4.69) is 25.7 Å². The predicted octanol–water partition coefficient (Wildman–Crippen LogP) is -0.558. The number of carbonyl (C=O) groups excluding carboxylic acids is 2. The molecule has 0 spiro atoms. The van der Waals surface area contributed by atoms with Gasteiger partial charge in [0.1, 0.15) is 6.54 Å². The fraction of sp³-hybridized carbons (Fsp3) is 0.526. The lowest BCUT2D eigenvalue weighted by atomic mass is 10.0. The van der Waals surface area contributed by atoms with Crippen molar-refractivity contribution in [2.24, 2.45) is 0 Å². The summed E-state index contributed by atoms with van der Waals surface area (Å²) in [4.78, 5) is 28.1. The first-order chi connectivity index (χ1) is 14.1. The van der Waals surface area contributed by atoms with Crippen molar-refractivity contribution in [3.8, 4) is 0 Å². The molecule has 0 saturated carbocycles. The lowest BCUT2D eigenvalue weighted by molar-refractivity contribution is -0.126. The minimum atomic E-state index is -0.208. The van der Waals surface area contributed by atoms with Crippen molar-refractivity contribution < 1.29 is 14.3 Å². The van der Waals surface area contributed by atoms with Crippen molar-refractivity contribution >= 4 is 11.8 Å². The third-order valence-electron chi connectivity index (χ3n) is 5.33. The van der Waals surface area contributed by atoms with Crippen LogP contribution in [0.3, 0.4) is 0 Å². The first-order valence-electron chi connectivity index (χ1n) is 9.78. The monoisotopic (exact) mass is 399 g/mol. The Morgan fingerprint density at radius 1 is 1.28 bits per heavy atom. The molecule has 2 fully saturated rings. The van der Waals surface area contributed by atoms with Gasteiger partial charge in [-0.1, -0.05) is 30.3 Å². The number of amides is 2. The number of hydrogen-bond acceptors (Lipinski definition) is 7. The molecule has 2 amide bonds. The molecule has 0 bridgehead atoms. The van der Waals surface area contributed by atoms with Crippen LogP contribution < -0.4 is 5.32 Å². The van der Waals surface area contributed by atoms with Gasteiger partial charge >= 0.3 is 0 Å². The van der Waals surface area contributed by atoms with Crippen LogP contribution in [0, 0.1) is 0 Å². The summed E-state index contributed by atoms with van der Waals surface area (Å²) in [5.74, 6) is 0.447. The Bertz CT molecular complexity index is 850. The van der Waals surface area contributed by atoms with Crippen LogP contribution in [0.2, 0.25) is 0 Å². The standard InChI is InChI=1S/C19H25N7O3/c1-24-12-15(11-17(24)28)20-16(27)13-26-19(21-22-23-26)18(14-5-3-2-4-6-14)25-7-9-29-10-8-25/h2-6,15,18H,7-13H2,1H3,(H,20,27)/t15-,18+/m0/s1. The molecule has 10 heteroatoms. The Labute approximate surface area is 168 Å². The van der Waals surface area contributed by atoms with Crippen LogP contribution in [0.15, 0.2) is 30.3 Å². The maximum absolute atomic E-state index is 12.6. The van der Waals surface area contributed by atoms with Crippen LogP contribution >= 0.6 is 0 Å². The number of rotatable bonds is 6. The van der Waals surface area contributed by atoms with Gasteiger partial charge in [0, 0.05) is 33.1 Å². The Morgan fingerprint density at radius 2 is 2.03 bits per heavy atom. The van der Waals surface area contributed by atoms with Crippen LogP contribution in [0.4, 0.5) is 0 Å². The summed E-state index contributed by atoms with van der Waals surface area (Å²) in [7, 11) is 1.74. The van der Waals surface area contributed by atoms with E-state index in [0.717, 1.165) is 18.7 Å². The fourth-order valence-electron chi connectivity index (χ4n) is 3.88. The van der Waals surface area contributed by atoms with Crippen molar-refractivity contribution in [2.75, 3.05) is 39.9 Å². The van der Waals surface area contributed by atoms with Crippen molar-refractivity contribution in [1.29, 1.82) is 0 Å². The van der Waals surface area contributed by atoms with Gasteiger partial charge in [-0.15, -0.1) is 5.10 Å². The molecule has 0 unspecified atom stereocenters. The zero-order valence-corrected chi connectivity index (χ0v) is 16.4. The van der Waals surface area contributed by atoms with Gasteiger partial charge in [0.25, 0.3) is 0 Å². The lowest BCUT2D eigenvalue weighted by Crippen LogP contribution is -2.42. The summed E-state index contributed by atoms with van der Waals surface area (Å²) in [6.07, 6.45) is 0.325. The number of hydrogen-bond donors (Lipinski definition) is 1. The normalized spacial score (nSPS) is 21.3. The summed E-state index contributed by atoms with van der Waals surface area (Å²) >= 11 is 0. The maximum Gasteiger partial charge on any atom is 0.242 e. The zero-order chi connectivity index (χ0) is 20.2. The van der Waals surface area contributed by atoms with Gasteiger partial charge in [0.15, 0.2) is 5.82 Å². The smallest absolute Gasteiger partial charge is 0.242 e. The third kappa shape index (κ3) is 4.43. The number of benzene rings is 1. The van der Waals surface area contributed by atoms with Crippen molar-refractivity contribution in [2.45, 2.75) is 25.0 Å². The van der Waals surface area contributed by atoms with E-state index in [0.29, 0.717) is 32.0 Å². The third-order valence-corrected chi connectivity index (χ3v) is 5.33. The minimum Gasteiger partial charge on any atom is -0.379 e. The molecular weight excluding hydrogens is 374 g/mol. The number of tetrazole rings is 1.